The average molecular weight is 271 g/mol. The fourth-order valence-corrected chi connectivity index (χ4v) is 2.72. The quantitative estimate of drug-likeness (QED) is 0.862. The number of amides is 1. The Morgan fingerprint density at radius 2 is 2.35 bits per heavy atom. The predicted molar refractivity (Wildman–Crippen MR) is 75.5 cm³/mol. The smallest absolute Gasteiger partial charge is 0.226 e. The van der Waals surface area contributed by atoms with Crippen molar-refractivity contribution in [2.45, 2.75) is 25.8 Å². The molecule has 1 amide bonds. The predicted octanol–water partition coefficient (Wildman–Crippen LogP) is 1.59. The second-order valence-corrected chi connectivity index (χ2v) is 5.06. The number of carbonyl (C=O) groups excluding carboxylic acids is 1. The first kappa shape index (κ1) is 12.7. The van der Waals surface area contributed by atoms with Gasteiger partial charge in [-0.15, -0.1) is 6.58 Å². The summed E-state index contributed by atoms with van der Waals surface area (Å²) < 4.78 is 3.54. The second kappa shape index (κ2) is 4.63. The van der Waals surface area contributed by atoms with Gasteiger partial charge >= 0.3 is 0 Å². The van der Waals surface area contributed by atoms with Crippen LogP contribution in [0.5, 0.6) is 0 Å². The van der Waals surface area contributed by atoms with Crippen molar-refractivity contribution >= 4 is 11.7 Å². The third kappa shape index (κ3) is 1.93. The van der Waals surface area contributed by atoms with Crippen molar-refractivity contribution in [3.8, 4) is 0 Å². The van der Waals surface area contributed by atoms with Crippen molar-refractivity contribution in [1.82, 2.24) is 19.6 Å². The van der Waals surface area contributed by atoms with Gasteiger partial charge < -0.3 is 5.32 Å². The topological polar surface area (TPSA) is 64.7 Å². The first-order chi connectivity index (χ1) is 9.60. The second-order valence-electron chi connectivity index (χ2n) is 5.06. The Labute approximate surface area is 117 Å². The fourth-order valence-electron chi connectivity index (χ4n) is 2.72. The molecule has 0 radical (unpaired) electrons. The van der Waals surface area contributed by atoms with E-state index in [1.165, 1.54) is 0 Å². The summed E-state index contributed by atoms with van der Waals surface area (Å²) in [6.07, 6.45) is 6.05. The maximum Gasteiger partial charge on any atom is 0.226 e. The zero-order valence-electron chi connectivity index (χ0n) is 11.6. The van der Waals surface area contributed by atoms with E-state index in [1.807, 2.05) is 31.0 Å². The minimum Gasteiger partial charge on any atom is -0.311 e. The third-order valence-corrected chi connectivity index (χ3v) is 3.67. The van der Waals surface area contributed by atoms with Crippen molar-refractivity contribution in [3.05, 3.63) is 41.9 Å². The van der Waals surface area contributed by atoms with Gasteiger partial charge in [0.05, 0.1) is 18.4 Å². The molecule has 0 spiro atoms. The molecule has 0 aliphatic carbocycles. The van der Waals surface area contributed by atoms with E-state index in [4.69, 9.17) is 0 Å². The monoisotopic (exact) mass is 271 g/mol. The molecule has 1 aliphatic rings. The molecule has 6 heteroatoms. The summed E-state index contributed by atoms with van der Waals surface area (Å²) in [5.74, 6) is 0.815. The Bertz CT molecular complexity index is 682. The molecule has 3 heterocycles. The third-order valence-electron chi connectivity index (χ3n) is 3.67. The van der Waals surface area contributed by atoms with Crippen LogP contribution in [0, 0.1) is 6.92 Å². The zero-order valence-corrected chi connectivity index (χ0v) is 11.6. The van der Waals surface area contributed by atoms with Crippen LogP contribution in [0.25, 0.3) is 0 Å². The van der Waals surface area contributed by atoms with Gasteiger partial charge in [0.25, 0.3) is 0 Å². The number of hydrogen-bond acceptors (Lipinski definition) is 3. The van der Waals surface area contributed by atoms with Gasteiger partial charge in [-0.3, -0.25) is 14.2 Å². The minimum atomic E-state index is 0.0157. The van der Waals surface area contributed by atoms with E-state index in [1.54, 1.807) is 10.8 Å². The molecule has 1 aliphatic heterocycles. The Hall–Kier alpha value is -2.37. The first-order valence-corrected chi connectivity index (χ1v) is 6.56. The number of rotatable bonds is 3. The summed E-state index contributed by atoms with van der Waals surface area (Å²) in [5.41, 5.74) is 3.07. The van der Waals surface area contributed by atoms with E-state index in [0.717, 1.165) is 22.6 Å². The standard InChI is InChI=1S/C14H17N5O/c1-4-5-19-8-12(9(2)17-19)10-6-13(20)16-14-11(10)7-15-18(14)3/h4,7-8,10H,1,5-6H2,2-3H3,(H,16,20). The van der Waals surface area contributed by atoms with Crippen molar-refractivity contribution < 1.29 is 4.79 Å². The van der Waals surface area contributed by atoms with Gasteiger partial charge in [0.1, 0.15) is 5.82 Å². The van der Waals surface area contributed by atoms with Gasteiger partial charge in [0, 0.05) is 36.7 Å². The van der Waals surface area contributed by atoms with Crippen LogP contribution in [0.2, 0.25) is 0 Å². The van der Waals surface area contributed by atoms with Gasteiger partial charge in [0.2, 0.25) is 5.91 Å². The lowest BCUT2D eigenvalue weighted by Crippen LogP contribution is -2.24. The molecule has 104 valence electrons. The molecule has 2 aromatic rings. The zero-order chi connectivity index (χ0) is 14.3. The molecule has 20 heavy (non-hydrogen) atoms. The Morgan fingerprint density at radius 1 is 1.55 bits per heavy atom. The van der Waals surface area contributed by atoms with E-state index >= 15 is 0 Å². The number of allylic oxidation sites excluding steroid dienone is 1. The van der Waals surface area contributed by atoms with Gasteiger partial charge in [-0.1, -0.05) is 6.08 Å². The van der Waals surface area contributed by atoms with Gasteiger partial charge in [-0.25, -0.2) is 0 Å². The molecular weight excluding hydrogens is 254 g/mol. The Morgan fingerprint density at radius 3 is 3.10 bits per heavy atom. The van der Waals surface area contributed by atoms with Crippen LogP contribution in [0.1, 0.15) is 29.2 Å². The summed E-state index contributed by atoms with van der Waals surface area (Å²) in [6.45, 7) is 6.36. The summed E-state index contributed by atoms with van der Waals surface area (Å²) in [5, 5.41) is 11.6. The van der Waals surface area contributed by atoms with Crippen LogP contribution in [-0.2, 0) is 18.4 Å². The lowest BCUT2D eigenvalue weighted by molar-refractivity contribution is -0.116. The highest BCUT2D eigenvalue weighted by Crippen LogP contribution is 2.37. The molecule has 6 nitrogen and oxygen atoms in total. The SMILES string of the molecule is C=CCn1cc(C2CC(=O)Nc3c2cnn3C)c(C)n1. The number of fused-ring (bicyclic) bond motifs is 1. The first-order valence-electron chi connectivity index (χ1n) is 6.56. The molecule has 0 saturated carbocycles. The maximum atomic E-state index is 11.9. The number of anilines is 1. The van der Waals surface area contributed by atoms with Gasteiger partial charge in [-0.2, -0.15) is 10.2 Å². The molecule has 3 rings (SSSR count). The lowest BCUT2D eigenvalue weighted by Gasteiger charge is -2.22. The molecule has 0 fully saturated rings. The Kier molecular flexibility index (Phi) is 2.93. The van der Waals surface area contributed by atoms with E-state index < -0.39 is 0 Å². The molecular formula is C14H17N5O. The van der Waals surface area contributed by atoms with Crippen LogP contribution < -0.4 is 5.32 Å². The lowest BCUT2D eigenvalue weighted by atomic mass is 9.88. The van der Waals surface area contributed by atoms with Crippen molar-refractivity contribution in [2.75, 3.05) is 5.32 Å². The van der Waals surface area contributed by atoms with Gasteiger partial charge in [-0.05, 0) is 6.92 Å². The van der Waals surface area contributed by atoms with E-state index in [9.17, 15) is 4.79 Å². The highest BCUT2D eigenvalue weighted by Gasteiger charge is 2.31. The molecule has 0 bridgehead atoms. The number of nitrogens with zero attached hydrogens (tertiary/aromatic N) is 4. The number of hydrogen-bond donors (Lipinski definition) is 1. The van der Waals surface area contributed by atoms with Gasteiger partial charge in [0.15, 0.2) is 0 Å². The van der Waals surface area contributed by atoms with Crippen LogP contribution >= 0.6 is 0 Å². The van der Waals surface area contributed by atoms with Crippen LogP contribution in [0.3, 0.4) is 0 Å². The fraction of sp³-hybridized carbons (Fsp3) is 0.357. The Balaban J connectivity index is 2.06. The highest BCUT2D eigenvalue weighted by atomic mass is 16.1. The van der Waals surface area contributed by atoms with Crippen molar-refractivity contribution in [3.63, 3.8) is 0 Å². The molecule has 1 unspecified atom stereocenters. The molecule has 0 aromatic carbocycles. The summed E-state index contributed by atoms with van der Waals surface area (Å²) in [4.78, 5) is 11.9. The van der Waals surface area contributed by atoms with E-state index in [0.29, 0.717) is 13.0 Å². The summed E-state index contributed by atoms with van der Waals surface area (Å²) in [6, 6.07) is 0. The average Bonchev–Trinajstić information content (AvgIpc) is 2.94. The van der Waals surface area contributed by atoms with Crippen molar-refractivity contribution in [2.24, 2.45) is 7.05 Å². The number of carbonyl (C=O) groups is 1. The van der Waals surface area contributed by atoms with Crippen LogP contribution in [-0.4, -0.2) is 25.5 Å². The highest BCUT2D eigenvalue weighted by molar-refractivity contribution is 5.94. The number of aryl methyl sites for hydroxylation is 2. The largest absolute Gasteiger partial charge is 0.311 e. The normalized spacial score (nSPS) is 17.7. The number of nitrogens with one attached hydrogen (secondary N) is 1. The molecule has 1 atom stereocenters. The number of aromatic nitrogens is 4. The molecule has 2 aromatic heterocycles. The van der Waals surface area contributed by atoms with E-state index in [2.05, 4.69) is 22.1 Å². The minimum absolute atomic E-state index is 0.0157. The van der Waals surface area contributed by atoms with Crippen LogP contribution in [0.4, 0.5) is 5.82 Å². The molecule has 0 saturated heterocycles. The van der Waals surface area contributed by atoms with Crippen molar-refractivity contribution in [1.29, 1.82) is 0 Å². The van der Waals surface area contributed by atoms with Crippen LogP contribution in [0.15, 0.2) is 25.0 Å². The molecule has 1 N–H and O–H groups in total. The maximum absolute atomic E-state index is 11.9. The summed E-state index contributed by atoms with van der Waals surface area (Å²) >= 11 is 0. The van der Waals surface area contributed by atoms with E-state index in [-0.39, 0.29) is 11.8 Å². The summed E-state index contributed by atoms with van der Waals surface area (Å²) in [7, 11) is 1.83.